The molecule has 0 aromatic heterocycles. The first-order chi connectivity index (χ1) is 25.3. The van der Waals surface area contributed by atoms with E-state index in [1.54, 1.807) is 33.2 Å². The van der Waals surface area contributed by atoms with Gasteiger partial charge in [0.15, 0.2) is 5.72 Å². The molecular formula is C41H60ClN3O9. The van der Waals surface area contributed by atoms with Crippen molar-refractivity contribution in [2.24, 2.45) is 29.1 Å². The number of alkyl carbamates (subject to hydrolysis) is 1. The van der Waals surface area contributed by atoms with Gasteiger partial charge in [-0.1, -0.05) is 70.0 Å². The molecule has 2 N–H and O–H groups in total. The van der Waals surface area contributed by atoms with Crippen LogP contribution in [0.2, 0.25) is 5.02 Å². The Bertz CT molecular complexity index is 1630. The van der Waals surface area contributed by atoms with E-state index in [0.29, 0.717) is 49.0 Å². The molecule has 1 saturated carbocycles. The number of amides is 3. The van der Waals surface area contributed by atoms with Gasteiger partial charge in [0.25, 0.3) is 0 Å². The zero-order chi connectivity index (χ0) is 40.3. The summed E-state index contributed by atoms with van der Waals surface area (Å²) in [7, 11) is 6.19. The van der Waals surface area contributed by atoms with Gasteiger partial charge >= 0.3 is 12.1 Å². The minimum Gasteiger partial charge on any atom is -0.495 e. The van der Waals surface area contributed by atoms with Gasteiger partial charge in [-0.3, -0.25) is 14.9 Å². The van der Waals surface area contributed by atoms with Crippen molar-refractivity contribution in [3.05, 3.63) is 46.5 Å². The Kier molecular flexibility index (Phi) is 13.9. The number of esters is 1. The number of hydrogen-bond acceptors (Lipinski definition) is 9. The molecule has 0 radical (unpaired) electrons. The lowest BCUT2D eigenvalue weighted by Crippen LogP contribution is -2.63. The van der Waals surface area contributed by atoms with Gasteiger partial charge in [0, 0.05) is 39.5 Å². The number of anilines is 1. The van der Waals surface area contributed by atoms with Crippen LogP contribution in [0.5, 0.6) is 5.75 Å². The highest BCUT2D eigenvalue weighted by atomic mass is 35.5. The quantitative estimate of drug-likeness (QED) is 0.271. The Morgan fingerprint density at radius 3 is 2.48 bits per heavy atom. The van der Waals surface area contributed by atoms with Crippen molar-refractivity contribution in [3.8, 4) is 5.75 Å². The van der Waals surface area contributed by atoms with Gasteiger partial charge < -0.3 is 33.9 Å². The number of carbonyl (C=O) groups excluding carboxylic acids is 4. The van der Waals surface area contributed by atoms with Gasteiger partial charge in [-0.15, -0.1) is 0 Å². The first kappa shape index (κ1) is 43.1. The smallest absolute Gasteiger partial charge is 0.409 e. The van der Waals surface area contributed by atoms with Crippen LogP contribution in [-0.2, 0) is 35.0 Å². The molecule has 1 saturated heterocycles. The van der Waals surface area contributed by atoms with Gasteiger partial charge in [0.1, 0.15) is 35.1 Å². The third-order valence-corrected chi connectivity index (χ3v) is 12.6. The second kappa shape index (κ2) is 17.5. The van der Waals surface area contributed by atoms with Crippen LogP contribution in [-0.4, -0.2) is 92.3 Å². The number of allylic oxidation sites excluding steroid dienone is 3. The Morgan fingerprint density at radius 1 is 1.17 bits per heavy atom. The van der Waals surface area contributed by atoms with Crippen molar-refractivity contribution < 1.29 is 43.2 Å². The molecule has 2 fully saturated rings. The number of rotatable bonds is 9. The number of nitrogens with zero attached hydrogens (tertiary/aromatic N) is 2. The summed E-state index contributed by atoms with van der Waals surface area (Å²) in [5.74, 6) is -0.403. The van der Waals surface area contributed by atoms with Crippen molar-refractivity contribution in [1.82, 2.24) is 10.2 Å². The molecule has 4 rings (SSSR count). The van der Waals surface area contributed by atoms with Crippen LogP contribution in [0, 0.1) is 29.1 Å². The summed E-state index contributed by atoms with van der Waals surface area (Å²) in [5.41, 5.74) is -0.245. The SMILES string of the molecule is COc1cc2cc(c1Cl)N(C)C(=O)C[C@H](OC(=O)[C@H](C)N(C)C(=O)CCC(C)C(C)C)[C@@]1(C)C[C@H]1[C@H](C)[C@@H]1C[C@@](O)(NC(=O)O1)[C@H](OC)/C=C/C=C(\C)C2. The average Bonchev–Trinajstić information content (AvgIpc) is 3.82. The maximum Gasteiger partial charge on any atom is 0.409 e. The van der Waals surface area contributed by atoms with E-state index in [0.717, 1.165) is 11.1 Å². The summed E-state index contributed by atoms with van der Waals surface area (Å²) in [5, 5.41) is 14.6. The van der Waals surface area contributed by atoms with E-state index in [9.17, 15) is 24.3 Å². The van der Waals surface area contributed by atoms with Gasteiger partial charge in [-0.2, -0.15) is 0 Å². The molecule has 4 bridgehead atoms. The molecule has 2 aliphatic heterocycles. The molecule has 13 heteroatoms. The number of methoxy groups -OCH3 is 2. The Balaban J connectivity index is 1.72. The molecule has 9 atom stereocenters. The maximum atomic E-state index is 14.2. The topological polar surface area (TPSA) is 144 Å². The molecule has 1 aromatic rings. The van der Waals surface area contributed by atoms with Crippen LogP contribution in [0.25, 0.3) is 0 Å². The number of hydrogen-bond donors (Lipinski definition) is 2. The molecule has 3 amide bonds. The number of aliphatic hydroxyl groups is 1. The fourth-order valence-electron chi connectivity index (χ4n) is 7.63. The van der Waals surface area contributed by atoms with Gasteiger partial charge in [-0.25, -0.2) is 9.59 Å². The number of carbonyl (C=O) groups is 4. The van der Waals surface area contributed by atoms with Crippen LogP contribution in [0.4, 0.5) is 10.5 Å². The summed E-state index contributed by atoms with van der Waals surface area (Å²) in [6, 6.07) is 2.75. The minimum atomic E-state index is -1.77. The lowest BCUT2D eigenvalue weighted by molar-refractivity contribution is -0.163. The summed E-state index contributed by atoms with van der Waals surface area (Å²) in [6.07, 6.45) is 3.97. The molecule has 12 nitrogen and oxygen atoms in total. The zero-order valence-corrected chi connectivity index (χ0v) is 34.5. The first-order valence-corrected chi connectivity index (χ1v) is 19.3. The highest BCUT2D eigenvalue weighted by molar-refractivity contribution is 6.35. The van der Waals surface area contributed by atoms with Crippen LogP contribution in [0.15, 0.2) is 35.9 Å². The van der Waals surface area contributed by atoms with Crippen LogP contribution < -0.4 is 15.0 Å². The number of nitrogens with one attached hydrogen (secondary N) is 1. The van der Waals surface area contributed by atoms with E-state index < -0.39 is 47.6 Å². The number of benzene rings is 1. The minimum absolute atomic E-state index is 0.0354. The summed E-state index contributed by atoms with van der Waals surface area (Å²) < 4.78 is 23.3. The molecule has 1 aromatic carbocycles. The van der Waals surface area contributed by atoms with Crippen molar-refractivity contribution in [1.29, 1.82) is 0 Å². The van der Waals surface area contributed by atoms with E-state index in [4.69, 9.17) is 30.5 Å². The zero-order valence-electron chi connectivity index (χ0n) is 33.7. The second-order valence-corrected chi connectivity index (χ2v) is 16.6. The second-order valence-electron chi connectivity index (χ2n) is 16.3. The lowest BCUT2D eigenvalue weighted by Gasteiger charge is -2.42. The predicted octanol–water partition coefficient (Wildman–Crippen LogP) is 6.46. The lowest BCUT2D eigenvalue weighted by atomic mass is 9.83. The maximum absolute atomic E-state index is 14.2. The van der Waals surface area contributed by atoms with E-state index in [2.05, 4.69) is 26.1 Å². The number of ether oxygens (including phenoxy) is 4. The van der Waals surface area contributed by atoms with Crippen molar-refractivity contribution in [2.45, 2.75) is 117 Å². The predicted molar refractivity (Wildman–Crippen MR) is 207 cm³/mol. The van der Waals surface area contributed by atoms with Crippen LogP contribution in [0.3, 0.4) is 0 Å². The molecule has 2 heterocycles. The molecule has 0 spiro atoms. The Hall–Kier alpha value is -3.61. The monoisotopic (exact) mass is 773 g/mol. The van der Waals surface area contributed by atoms with Crippen LogP contribution in [0.1, 0.15) is 86.1 Å². The molecule has 1 unspecified atom stereocenters. The van der Waals surface area contributed by atoms with Gasteiger partial charge in [0.2, 0.25) is 11.8 Å². The molecule has 300 valence electrons. The Labute approximate surface area is 325 Å². The standard InChI is InChI=1S/C41H60ClN3O9/c1-23(2)25(4)15-16-35(46)44(8)27(6)38(48)54-34-20-36(47)45(9)30-18-28(19-31(51-10)37(30)42)17-24(3)13-12-14-33(52-11)41(50)22-32(53-39(49)43-41)26(5)29-21-40(29,34)7/h12-14,18-19,23,25-27,29,32-34,50H,15-17,20-22H2,1-11H3,(H,43,49)/b14-12+,24-13+/t25?,26-,27-,29-,32-,33+,34-,40-,41-/m0/s1. The molecule has 3 aliphatic rings. The third kappa shape index (κ3) is 9.60. The largest absolute Gasteiger partial charge is 0.495 e. The highest BCUT2D eigenvalue weighted by Crippen LogP contribution is 2.61. The summed E-state index contributed by atoms with van der Waals surface area (Å²) >= 11 is 6.80. The molecule has 1 aliphatic carbocycles. The summed E-state index contributed by atoms with van der Waals surface area (Å²) in [4.78, 5) is 57.0. The van der Waals surface area contributed by atoms with Gasteiger partial charge in [0.05, 0.1) is 19.2 Å². The first-order valence-electron chi connectivity index (χ1n) is 18.9. The fourth-order valence-corrected chi connectivity index (χ4v) is 7.95. The molecular weight excluding hydrogens is 714 g/mol. The molecule has 54 heavy (non-hydrogen) atoms. The third-order valence-electron chi connectivity index (χ3n) is 12.2. The fraction of sp³-hybridized carbons (Fsp3) is 0.659. The van der Waals surface area contributed by atoms with Crippen molar-refractivity contribution in [2.75, 3.05) is 33.2 Å². The van der Waals surface area contributed by atoms with Crippen molar-refractivity contribution in [3.63, 3.8) is 0 Å². The summed E-state index contributed by atoms with van der Waals surface area (Å²) in [6.45, 7) is 13.8. The van der Waals surface area contributed by atoms with E-state index >= 15 is 0 Å². The van der Waals surface area contributed by atoms with E-state index in [1.807, 2.05) is 39.0 Å². The van der Waals surface area contributed by atoms with Gasteiger partial charge in [-0.05, 0) is 74.5 Å². The number of likely N-dealkylation sites (N-methyl/N-ethyl adjacent to an activating group) is 1. The average molecular weight is 774 g/mol. The van der Waals surface area contributed by atoms with Crippen LogP contribution >= 0.6 is 11.6 Å². The highest BCUT2D eigenvalue weighted by Gasteiger charge is 2.62. The Morgan fingerprint density at radius 2 is 1.85 bits per heavy atom. The number of halogens is 1. The van der Waals surface area contributed by atoms with E-state index in [1.165, 1.54) is 24.0 Å². The van der Waals surface area contributed by atoms with Crippen molar-refractivity contribution >= 4 is 41.2 Å². The number of fused-ring (bicyclic) bond motifs is 5. The normalized spacial score (nSPS) is 31.6. The van der Waals surface area contributed by atoms with E-state index in [-0.39, 0.29) is 41.5 Å².